The van der Waals surface area contributed by atoms with Crippen LogP contribution in [-0.2, 0) is 6.42 Å². The second kappa shape index (κ2) is 14.0. The van der Waals surface area contributed by atoms with Gasteiger partial charge in [0.15, 0.2) is 11.5 Å². The zero-order valence-electron chi connectivity index (χ0n) is 26.5. The van der Waals surface area contributed by atoms with E-state index in [-0.39, 0.29) is 6.10 Å². The molecule has 0 bridgehead atoms. The highest BCUT2D eigenvalue weighted by Crippen LogP contribution is 2.42. The summed E-state index contributed by atoms with van der Waals surface area (Å²) in [6.07, 6.45) is 11.0. The third-order valence-electron chi connectivity index (χ3n) is 9.93. The van der Waals surface area contributed by atoms with Gasteiger partial charge in [-0.2, -0.15) is 0 Å². The summed E-state index contributed by atoms with van der Waals surface area (Å²) in [4.78, 5) is 6.34. The van der Waals surface area contributed by atoms with Crippen molar-refractivity contribution in [3.05, 3.63) is 71.8 Å². The molecule has 3 aliphatic rings. The van der Waals surface area contributed by atoms with Gasteiger partial charge in [0.1, 0.15) is 24.2 Å². The molecule has 0 amide bonds. The van der Waals surface area contributed by atoms with Crippen molar-refractivity contribution in [1.82, 2.24) is 9.80 Å². The Hall–Kier alpha value is -3.26. The van der Waals surface area contributed by atoms with Crippen molar-refractivity contribution in [2.75, 3.05) is 46.4 Å². The molecule has 1 aromatic heterocycles. The highest BCUT2D eigenvalue weighted by atomic mass is 32.1. The Morgan fingerprint density at radius 3 is 2.40 bits per heavy atom. The Bertz CT molecular complexity index is 1570. The molecule has 0 unspecified atom stereocenters. The number of methoxy groups -OCH3 is 1. The number of fused-ring (bicyclic) bond motifs is 1. The van der Waals surface area contributed by atoms with Crippen LogP contribution in [0.15, 0.2) is 60.7 Å². The first-order chi connectivity index (χ1) is 22.1. The van der Waals surface area contributed by atoms with Crippen molar-refractivity contribution in [1.29, 1.82) is 0 Å². The number of benzene rings is 3. The summed E-state index contributed by atoms with van der Waals surface area (Å²) in [6.45, 7) is 6.47. The molecule has 2 saturated heterocycles. The Balaban J connectivity index is 1.11. The van der Waals surface area contributed by atoms with Crippen LogP contribution in [0.2, 0.25) is 0 Å². The standard InChI is InChI=1S/C38H46N2O4S/c1-42-36-25-27(10-17-35(36)44-34-9-3-2-8-33(34)40-20-6-7-21-40)24-32-31-16-13-29(41)26-37(31)45-38(32)28-11-14-30(15-12-28)43-23-22-39-18-4-5-19-39/h10-17,25-26,33-34,41H,2-9,18-24H2,1H3/t33-,34-/m1/s1. The highest BCUT2D eigenvalue weighted by Gasteiger charge is 2.33. The van der Waals surface area contributed by atoms with E-state index in [1.807, 2.05) is 12.1 Å². The maximum Gasteiger partial charge on any atom is 0.161 e. The van der Waals surface area contributed by atoms with Crippen LogP contribution in [-0.4, -0.2) is 73.5 Å². The number of nitrogens with zero attached hydrogens (tertiary/aromatic N) is 2. The predicted molar refractivity (Wildman–Crippen MR) is 183 cm³/mol. The fourth-order valence-electron chi connectivity index (χ4n) is 7.54. The normalized spacial score (nSPS) is 21.0. The van der Waals surface area contributed by atoms with E-state index >= 15 is 0 Å². The third-order valence-corrected chi connectivity index (χ3v) is 11.2. The number of aromatic hydroxyl groups is 1. The van der Waals surface area contributed by atoms with Crippen molar-refractivity contribution >= 4 is 21.4 Å². The topological polar surface area (TPSA) is 54.4 Å². The molecule has 0 spiro atoms. The van der Waals surface area contributed by atoms with Crippen LogP contribution in [0, 0.1) is 0 Å². The Morgan fingerprint density at radius 1 is 0.822 bits per heavy atom. The number of phenolic OH excluding ortho intramolecular Hbond substituents is 1. The maximum absolute atomic E-state index is 10.3. The van der Waals surface area contributed by atoms with E-state index < -0.39 is 0 Å². The molecule has 7 heteroatoms. The number of hydrogen-bond acceptors (Lipinski definition) is 7. The van der Waals surface area contributed by atoms with Gasteiger partial charge >= 0.3 is 0 Å². The molecule has 3 fully saturated rings. The molecule has 1 aliphatic carbocycles. The Labute approximate surface area is 271 Å². The predicted octanol–water partition coefficient (Wildman–Crippen LogP) is 8.13. The second-order valence-corrected chi connectivity index (χ2v) is 14.0. The van der Waals surface area contributed by atoms with Gasteiger partial charge in [-0.1, -0.05) is 12.5 Å². The fraction of sp³-hybridized carbons (Fsp3) is 0.474. The highest BCUT2D eigenvalue weighted by molar-refractivity contribution is 7.22. The number of thiophene rings is 1. The molecule has 6 nitrogen and oxygen atoms in total. The fourth-order valence-corrected chi connectivity index (χ4v) is 8.80. The lowest BCUT2D eigenvalue weighted by atomic mass is 9.91. The van der Waals surface area contributed by atoms with Crippen LogP contribution in [0.4, 0.5) is 0 Å². The number of ether oxygens (including phenoxy) is 3. The van der Waals surface area contributed by atoms with E-state index in [9.17, 15) is 5.11 Å². The molecule has 1 saturated carbocycles. The van der Waals surface area contributed by atoms with Crippen molar-refractivity contribution in [3.8, 4) is 33.4 Å². The SMILES string of the molecule is COc1cc(Cc2c(-c3ccc(OCCN4CCCC4)cc3)sc3cc(O)ccc23)ccc1O[C@@H]1CCCC[C@H]1N1CCCC1. The zero-order valence-corrected chi connectivity index (χ0v) is 27.3. The number of hydrogen-bond donors (Lipinski definition) is 1. The Kier molecular flexibility index (Phi) is 9.47. The monoisotopic (exact) mass is 626 g/mol. The second-order valence-electron chi connectivity index (χ2n) is 12.9. The molecule has 3 aromatic carbocycles. The lowest BCUT2D eigenvalue weighted by Crippen LogP contribution is -2.46. The van der Waals surface area contributed by atoms with E-state index in [1.165, 1.54) is 92.5 Å². The van der Waals surface area contributed by atoms with Crippen molar-refractivity contribution < 1.29 is 19.3 Å². The molecule has 0 radical (unpaired) electrons. The van der Waals surface area contributed by atoms with Gasteiger partial charge in [-0.15, -0.1) is 11.3 Å². The summed E-state index contributed by atoms with van der Waals surface area (Å²) in [5, 5.41) is 11.4. The zero-order chi connectivity index (χ0) is 30.6. The molecular formula is C38H46N2O4S. The summed E-state index contributed by atoms with van der Waals surface area (Å²) in [6, 6.07) is 21.2. The van der Waals surface area contributed by atoms with E-state index in [1.54, 1.807) is 24.5 Å². The third kappa shape index (κ3) is 6.96. The van der Waals surface area contributed by atoms with Gasteiger partial charge in [0.05, 0.1) is 7.11 Å². The number of likely N-dealkylation sites (tertiary alicyclic amines) is 2. The van der Waals surface area contributed by atoms with Crippen LogP contribution in [0.5, 0.6) is 23.0 Å². The first kappa shape index (κ1) is 30.4. The molecule has 7 rings (SSSR count). The van der Waals surface area contributed by atoms with Crippen LogP contribution in [0.1, 0.15) is 62.5 Å². The van der Waals surface area contributed by atoms with Crippen molar-refractivity contribution in [3.63, 3.8) is 0 Å². The van der Waals surface area contributed by atoms with Gasteiger partial charge in [-0.3, -0.25) is 9.80 Å². The van der Waals surface area contributed by atoms with E-state index in [0.717, 1.165) is 46.9 Å². The molecular weight excluding hydrogens is 580 g/mol. The van der Waals surface area contributed by atoms with E-state index in [2.05, 4.69) is 52.3 Å². The van der Waals surface area contributed by atoms with Gasteiger partial charge in [0, 0.05) is 22.2 Å². The quantitative estimate of drug-likeness (QED) is 0.181. The molecule has 1 N–H and O–H groups in total. The van der Waals surface area contributed by atoms with Crippen LogP contribution in [0.3, 0.4) is 0 Å². The first-order valence-corrected chi connectivity index (χ1v) is 17.7. The van der Waals surface area contributed by atoms with E-state index in [0.29, 0.717) is 18.4 Å². The molecule has 45 heavy (non-hydrogen) atoms. The summed E-state index contributed by atoms with van der Waals surface area (Å²) in [7, 11) is 1.74. The average molecular weight is 627 g/mol. The molecule has 238 valence electrons. The average Bonchev–Trinajstić information content (AvgIpc) is 3.85. The lowest BCUT2D eigenvalue weighted by molar-refractivity contribution is 0.0468. The Morgan fingerprint density at radius 2 is 1.60 bits per heavy atom. The summed E-state index contributed by atoms with van der Waals surface area (Å²) < 4.78 is 19.8. The maximum atomic E-state index is 10.3. The molecule has 3 heterocycles. The van der Waals surface area contributed by atoms with Gasteiger partial charge < -0.3 is 19.3 Å². The van der Waals surface area contributed by atoms with Crippen LogP contribution >= 0.6 is 11.3 Å². The van der Waals surface area contributed by atoms with Gasteiger partial charge in [-0.25, -0.2) is 0 Å². The summed E-state index contributed by atoms with van der Waals surface area (Å²) >= 11 is 1.73. The van der Waals surface area contributed by atoms with Crippen LogP contribution < -0.4 is 14.2 Å². The number of rotatable bonds is 11. The lowest BCUT2D eigenvalue weighted by Gasteiger charge is -2.38. The van der Waals surface area contributed by atoms with Crippen molar-refractivity contribution in [2.24, 2.45) is 0 Å². The molecule has 4 aromatic rings. The summed E-state index contributed by atoms with van der Waals surface area (Å²) in [5.74, 6) is 2.84. The number of phenols is 1. The molecule has 2 atom stereocenters. The van der Waals surface area contributed by atoms with Crippen LogP contribution in [0.25, 0.3) is 20.5 Å². The van der Waals surface area contributed by atoms with Gasteiger partial charge in [0.2, 0.25) is 0 Å². The minimum atomic E-state index is 0.212. The molecule has 2 aliphatic heterocycles. The van der Waals surface area contributed by atoms with Crippen molar-refractivity contribution in [2.45, 2.75) is 69.9 Å². The minimum Gasteiger partial charge on any atom is -0.508 e. The first-order valence-electron chi connectivity index (χ1n) is 16.9. The van der Waals surface area contributed by atoms with E-state index in [4.69, 9.17) is 14.2 Å². The van der Waals surface area contributed by atoms with Gasteiger partial charge in [0.25, 0.3) is 0 Å². The smallest absolute Gasteiger partial charge is 0.161 e. The summed E-state index contributed by atoms with van der Waals surface area (Å²) in [5.41, 5.74) is 3.60. The largest absolute Gasteiger partial charge is 0.508 e. The minimum absolute atomic E-state index is 0.212. The van der Waals surface area contributed by atoms with Gasteiger partial charge in [-0.05, 0) is 154 Å².